The molecule has 0 aliphatic heterocycles. The third-order valence-electron chi connectivity index (χ3n) is 10.3. The molecule has 0 amide bonds. The lowest BCUT2D eigenvalue weighted by Gasteiger charge is -2.25. The predicted octanol–water partition coefficient (Wildman–Crippen LogP) is 13.5. The number of fused-ring (bicyclic) bond motifs is 14. The van der Waals surface area contributed by atoms with Gasteiger partial charge in [-0.1, -0.05) is 176 Å². The van der Waals surface area contributed by atoms with Crippen molar-refractivity contribution in [2.45, 2.75) is 0 Å². The summed E-state index contributed by atoms with van der Waals surface area (Å²) in [5.41, 5.74) is 15.1. The van der Waals surface area contributed by atoms with Crippen LogP contribution in [0.3, 0.4) is 0 Å². The maximum Gasteiger partial charge on any atom is -0.00204 e. The lowest BCUT2D eigenvalue weighted by Crippen LogP contribution is -1.98. The summed E-state index contributed by atoms with van der Waals surface area (Å²) < 4.78 is 0. The lowest BCUT2D eigenvalue weighted by molar-refractivity contribution is 1.51. The highest BCUT2D eigenvalue weighted by Gasteiger charge is 2.23. The summed E-state index contributed by atoms with van der Waals surface area (Å²) in [7, 11) is 0. The Hall–Kier alpha value is -6.24. The summed E-state index contributed by atoms with van der Waals surface area (Å²) in [5.74, 6) is 0. The maximum absolute atomic E-state index is 2.38. The van der Waals surface area contributed by atoms with Crippen LogP contribution >= 0.6 is 0 Å². The van der Waals surface area contributed by atoms with Gasteiger partial charge >= 0.3 is 0 Å². The van der Waals surface area contributed by atoms with Crippen molar-refractivity contribution in [1.29, 1.82) is 0 Å². The third-order valence-corrected chi connectivity index (χ3v) is 10.3. The van der Waals surface area contributed by atoms with Crippen LogP contribution in [0.2, 0.25) is 0 Å². The Morgan fingerprint density at radius 2 is 0.542 bits per heavy atom. The molecule has 0 heteroatoms. The molecule has 222 valence electrons. The zero-order valence-corrected chi connectivity index (χ0v) is 26.3. The standard InChI is InChI=1S/C48H30/c1-3-14-37-35(12-1)38-15-5-7-18-42(38)46-23-11-22-34(48(46)45-21-10-9-19-41(37)45)32-26-24-31(25-27-32)33-28-29-44-40-17-4-2-13-36(40)39-16-6-8-20-43(39)47(44)30-33/h1-30H. The van der Waals surface area contributed by atoms with Crippen LogP contribution in [0.15, 0.2) is 182 Å². The Morgan fingerprint density at radius 3 is 1.10 bits per heavy atom. The highest BCUT2D eigenvalue weighted by molar-refractivity contribution is 6.25. The van der Waals surface area contributed by atoms with Gasteiger partial charge in [0.1, 0.15) is 0 Å². The van der Waals surface area contributed by atoms with Crippen LogP contribution in [0.5, 0.6) is 0 Å². The molecule has 0 bridgehead atoms. The van der Waals surface area contributed by atoms with Gasteiger partial charge in [-0.2, -0.15) is 0 Å². The summed E-state index contributed by atoms with van der Waals surface area (Å²) in [6.45, 7) is 0. The highest BCUT2D eigenvalue weighted by atomic mass is 14.3. The summed E-state index contributed by atoms with van der Waals surface area (Å²) in [5, 5.41) is 7.81. The summed E-state index contributed by atoms with van der Waals surface area (Å²) >= 11 is 0. The van der Waals surface area contributed by atoms with Crippen LogP contribution in [0, 0.1) is 0 Å². The predicted molar refractivity (Wildman–Crippen MR) is 205 cm³/mol. The van der Waals surface area contributed by atoms with Gasteiger partial charge in [-0.05, 0) is 105 Å². The van der Waals surface area contributed by atoms with Gasteiger partial charge in [-0.25, -0.2) is 0 Å². The summed E-state index contributed by atoms with van der Waals surface area (Å²) in [6.07, 6.45) is 0. The average Bonchev–Trinajstić information content (AvgIpc) is 3.17. The number of hydrogen-bond acceptors (Lipinski definition) is 0. The molecule has 0 saturated carbocycles. The Balaban J connectivity index is 1.15. The van der Waals surface area contributed by atoms with Crippen molar-refractivity contribution in [3.05, 3.63) is 182 Å². The van der Waals surface area contributed by atoms with Crippen molar-refractivity contribution >= 4 is 32.3 Å². The summed E-state index contributed by atoms with van der Waals surface area (Å²) in [4.78, 5) is 0. The second-order valence-electron chi connectivity index (χ2n) is 12.8. The smallest absolute Gasteiger partial charge is 0.00204 e. The van der Waals surface area contributed by atoms with Gasteiger partial charge < -0.3 is 0 Å². The minimum atomic E-state index is 1.22. The second kappa shape index (κ2) is 10.7. The monoisotopic (exact) mass is 606 g/mol. The van der Waals surface area contributed by atoms with E-state index in [1.54, 1.807) is 0 Å². The van der Waals surface area contributed by atoms with Crippen LogP contribution < -0.4 is 0 Å². The van der Waals surface area contributed by atoms with Gasteiger partial charge in [0.2, 0.25) is 0 Å². The van der Waals surface area contributed by atoms with E-state index in [0.717, 1.165) is 0 Å². The molecular weight excluding hydrogens is 577 g/mol. The first-order chi connectivity index (χ1) is 23.8. The number of benzene rings is 9. The van der Waals surface area contributed by atoms with Crippen molar-refractivity contribution in [2.24, 2.45) is 0 Å². The Kier molecular flexibility index (Phi) is 5.98. The molecule has 1 aliphatic rings. The Morgan fingerprint density at radius 1 is 0.188 bits per heavy atom. The molecular formula is C48H30. The van der Waals surface area contributed by atoms with Gasteiger partial charge in [0.15, 0.2) is 0 Å². The van der Waals surface area contributed by atoms with Crippen molar-refractivity contribution in [2.75, 3.05) is 0 Å². The molecule has 0 fully saturated rings. The highest BCUT2D eigenvalue weighted by Crippen LogP contribution is 2.50. The fraction of sp³-hybridized carbons (Fsp3) is 0. The molecule has 48 heavy (non-hydrogen) atoms. The van der Waals surface area contributed by atoms with Gasteiger partial charge in [-0.3, -0.25) is 0 Å². The fourth-order valence-electron chi connectivity index (χ4n) is 8.08. The van der Waals surface area contributed by atoms with Crippen molar-refractivity contribution < 1.29 is 0 Å². The molecule has 0 atom stereocenters. The molecule has 0 spiro atoms. The molecule has 10 rings (SSSR count). The zero-order chi connectivity index (χ0) is 31.6. The molecule has 1 aliphatic carbocycles. The van der Waals surface area contributed by atoms with Crippen LogP contribution in [0.25, 0.3) is 99.1 Å². The second-order valence-corrected chi connectivity index (χ2v) is 12.8. The van der Waals surface area contributed by atoms with E-state index in [4.69, 9.17) is 0 Å². The molecule has 0 heterocycles. The van der Waals surface area contributed by atoms with E-state index < -0.39 is 0 Å². The van der Waals surface area contributed by atoms with Gasteiger partial charge in [0.05, 0.1) is 0 Å². The first-order valence-electron chi connectivity index (χ1n) is 16.7. The first-order valence-corrected chi connectivity index (χ1v) is 16.7. The van der Waals surface area contributed by atoms with Crippen LogP contribution in [-0.4, -0.2) is 0 Å². The molecule has 0 nitrogen and oxygen atoms in total. The Bertz CT molecular complexity index is 2670. The van der Waals surface area contributed by atoms with E-state index in [1.807, 2.05) is 0 Å². The minimum Gasteiger partial charge on any atom is -0.0616 e. The lowest BCUT2D eigenvalue weighted by atomic mass is 9.78. The summed E-state index contributed by atoms with van der Waals surface area (Å²) in [6, 6.07) is 67.1. The largest absolute Gasteiger partial charge is 0.0616 e. The average molecular weight is 607 g/mol. The van der Waals surface area contributed by atoms with Crippen LogP contribution in [-0.2, 0) is 0 Å². The molecule has 0 radical (unpaired) electrons. The van der Waals surface area contributed by atoms with E-state index in [2.05, 4.69) is 182 Å². The van der Waals surface area contributed by atoms with Crippen molar-refractivity contribution in [3.8, 4) is 66.8 Å². The molecule has 0 N–H and O–H groups in total. The van der Waals surface area contributed by atoms with Crippen LogP contribution in [0.1, 0.15) is 0 Å². The molecule has 9 aromatic carbocycles. The Labute approximate surface area is 280 Å². The first kappa shape index (κ1) is 26.9. The van der Waals surface area contributed by atoms with Gasteiger partial charge in [-0.15, -0.1) is 0 Å². The van der Waals surface area contributed by atoms with E-state index in [9.17, 15) is 0 Å². The van der Waals surface area contributed by atoms with E-state index in [1.165, 1.54) is 99.1 Å². The molecule has 9 aromatic rings. The van der Waals surface area contributed by atoms with Gasteiger partial charge in [0.25, 0.3) is 0 Å². The fourth-order valence-corrected chi connectivity index (χ4v) is 8.08. The third kappa shape index (κ3) is 4.03. The molecule has 0 saturated heterocycles. The molecule has 0 unspecified atom stereocenters. The minimum absolute atomic E-state index is 1.22. The zero-order valence-electron chi connectivity index (χ0n) is 26.3. The van der Waals surface area contributed by atoms with Crippen molar-refractivity contribution in [3.63, 3.8) is 0 Å². The van der Waals surface area contributed by atoms with E-state index >= 15 is 0 Å². The normalized spacial score (nSPS) is 11.8. The topological polar surface area (TPSA) is 0 Å². The molecule has 0 aromatic heterocycles. The van der Waals surface area contributed by atoms with E-state index in [0.29, 0.717) is 0 Å². The quantitative estimate of drug-likeness (QED) is 0.172. The number of rotatable bonds is 2. The maximum atomic E-state index is 2.38. The van der Waals surface area contributed by atoms with Crippen molar-refractivity contribution in [1.82, 2.24) is 0 Å². The van der Waals surface area contributed by atoms with Gasteiger partial charge in [0, 0.05) is 0 Å². The number of hydrogen-bond donors (Lipinski definition) is 0. The SMILES string of the molecule is c1ccc2c(c1)-c1ccccc1-c1cccc(-c3ccc(-c4ccc5c6ccccc6c6ccccc6c5c4)cc3)c1-c1ccccc1-2. The van der Waals surface area contributed by atoms with Crippen LogP contribution in [0.4, 0.5) is 0 Å². The van der Waals surface area contributed by atoms with E-state index in [-0.39, 0.29) is 0 Å².